The Bertz CT molecular complexity index is 1190. The zero-order chi connectivity index (χ0) is 19.3. The van der Waals surface area contributed by atoms with Crippen molar-refractivity contribution in [2.24, 2.45) is 0 Å². The third-order valence-electron chi connectivity index (χ3n) is 4.68. The molecule has 4 rings (SSSR count). The molecule has 0 saturated carbocycles. The summed E-state index contributed by atoms with van der Waals surface area (Å²) in [6.45, 7) is 5.46. The molecule has 0 saturated heterocycles. The lowest BCUT2D eigenvalue weighted by Crippen LogP contribution is -1.92. The minimum Gasteiger partial charge on any atom is -0.508 e. The average Bonchev–Trinajstić information content (AvgIpc) is 2.98. The van der Waals surface area contributed by atoms with Crippen LogP contribution < -0.4 is 0 Å². The maximum atomic E-state index is 15.2. The number of phenolic OH excluding ortho intramolecular Hbond substituents is 1. The molecule has 0 unspecified atom stereocenters. The summed E-state index contributed by atoms with van der Waals surface area (Å²) in [7, 11) is 0. The predicted octanol–water partition coefficient (Wildman–Crippen LogP) is 5.11. The van der Waals surface area contributed by atoms with Gasteiger partial charge in [-0.2, -0.15) is 0 Å². The first-order valence-electron chi connectivity index (χ1n) is 8.32. The van der Waals surface area contributed by atoms with Gasteiger partial charge in [-0.05, 0) is 43.5 Å². The predicted molar refractivity (Wildman–Crippen MR) is 103 cm³/mol. The first-order valence-corrected chi connectivity index (χ1v) is 8.70. The van der Waals surface area contributed by atoms with Crippen LogP contribution in [0.25, 0.3) is 33.4 Å². The van der Waals surface area contributed by atoms with Crippen molar-refractivity contribution < 1.29 is 9.50 Å². The van der Waals surface area contributed by atoms with Crippen LogP contribution >= 0.6 is 11.6 Å². The van der Waals surface area contributed by atoms with Crippen molar-refractivity contribution in [1.29, 1.82) is 0 Å². The molecule has 7 heteroatoms. The molecule has 0 bridgehead atoms. The second-order valence-corrected chi connectivity index (χ2v) is 6.82. The molecule has 0 spiro atoms. The summed E-state index contributed by atoms with van der Waals surface area (Å²) in [5, 5.41) is 10.5. The Morgan fingerprint density at radius 1 is 1.04 bits per heavy atom. The molecule has 0 atom stereocenters. The van der Waals surface area contributed by atoms with Gasteiger partial charge >= 0.3 is 0 Å². The van der Waals surface area contributed by atoms with Gasteiger partial charge in [-0.25, -0.2) is 19.3 Å². The zero-order valence-corrected chi connectivity index (χ0v) is 15.7. The number of aromatic amines is 1. The van der Waals surface area contributed by atoms with Crippen LogP contribution in [0.4, 0.5) is 4.39 Å². The lowest BCUT2D eigenvalue weighted by atomic mass is 9.95. The molecule has 0 aliphatic carbocycles. The van der Waals surface area contributed by atoms with Crippen LogP contribution in [0, 0.1) is 26.6 Å². The lowest BCUT2D eigenvalue weighted by molar-refractivity contribution is 0.471. The van der Waals surface area contributed by atoms with Crippen LogP contribution in [0.5, 0.6) is 5.75 Å². The van der Waals surface area contributed by atoms with Crippen molar-refractivity contribution in [2.45, 2.75) is 20.8 Å². The van der Waals surface area contributed by atoms with E-state index in [9.17, 15) is 5.11 Å². The third-order valence-corrected chi connectivity index (χ3v) is 5.07. The molecule has 4 aromatic rings. The molecule has 3 aromatic heterocycles. The Morgan fingerprint density at radius 3 is 2.44 bits per heavy atom. The van der Waals surface area contributed by atoms with Crippen molar-refractivity contribution >= 4 is 22.6 Å². The molecule has 3 heterocycles. The number of pyridine rings is 1. The fourth-order valence-electron chi connectivity index (χ4n) is 3.23. The maximum absolute atomic E-state index is 15.2. The summed E-state index contributed by atoms with van der Waals surface area (Å²) < 4.78 is 15.2. The Balaban J connectivity index is 1.97. The summed E-state index contributed by atoms with van der Waals surface area (Å²) in [5.41, 5.74) is 3.99. The highest BCUT2D eigenvalue weighted by molar-refractivity contribution is 6.38. The fourth-order valence-corrected chi connectivity index (χ4v) is 3.54. The molecular formula is C20H16ClFN4O. The molecule has 2 N–H and O–H groups in total. The number of benzene rings is 1. The number of aryl methyl sites for hydroxylation is 2. The van der Waals surface area contributed by atoms with E-state index in [2.05, 4.69) is 19.9 Å². The van der Waals surface area contributed by atoms with E-state index >= 15 is 4.39 Å². The molecule has 0 aliphatic heterocycles. The Morgan fingerprint density at radius 2 is 1.74 bits per heavy atom. The number of hydrogen-bond donors (Lipinski definition) is 2. The van der Waals surface area contributed by atoms with Crippen LogP contribution in [0.3, 0.4) is 0 Å². The molecule has 27 heavy (non-hydrogen) atoms. The second kappa shape index (κ2) is 6.32. The topological polar surface area (TPSA) is 74.7 Å². The fraction of sp³-hybridized carbons (Fsp3) is 0.150. The highest BCUT2D eigenvalue weighted by atomic mass is 35.5. The number of nitrogens with zero attached hydrogens (tertiary/aromatic N) is 3. The van der Waals surface area contributed by atoms with Gasteiger partial charge in [-0.3, -0.25) is 0 Å². The largest absolute Gasteiger partial charge is 0.508 e. The van der Waals surface area contributed by atoms with E-state index in [4.69, 9.17) is 11.6 Å². The SMILES string of the molecule is Cc1ncc(-c2[nH]c3ncc(-c4c(C)ccc(O)c4C)c(Cl)c3c2F)cn1. The van der Waals surface area contributed by atoms with E-state index in [1.54, 1.807) is 44.6 Å². The number of H-pyrrole nitrogens is 1. The number of nitrogens with one attached hydrogen (secondary N) is 1. The van der Waals surface area contributed by atoms with Crippen molar-refractivity contribution in [2.75, 3.05) is 0 Å². The van der Waals surface area contributed by atoms with Gasteiger partial charge in [0.15, 0.2) is 5.82 Å². The zero-order valence-electron chi connectivity index (χ0n) is 14.9. The first-order chi connectivity index (χ1) is 12.9. The van der Waals surface area contributed by atoms with E-state index in [1.807, 2.05) is 6.92 Å². The molecule has 136 valence electrons. The number of aromatic hydroxyl groups is 1. The Labute approximate surface area is 159 Å². The van der Waals surface area contributed by atoms with Crippen LogP contribution in [0.15, 0.2) is 30.7 Å². The summed E-state index contributed by atoms with van der Waals surface area (Å²) in [6.07, 6.45) is 4.69. The van der Waals surface area contributed by atoms with Gasteiger partial charge in [0, 0.05) is 29.7 Å². The molecule has 5 nitrogen and oxygen atoms in total. The summed E-state index contributed by atoms with van der Waals surface area (Å²) in [5.74, 6) is 0.245. The third kappa shape index (κ3) is 2.73. The molecule has 0 fully saturated rings. The van der Waals surface area contributed by atoms with Crippen LogP contribution in [-0.2, 0) is 0 Å². The first kappa shape index (κ1) is 17.4. The van der Waals surface area contributed by atoms with Crippen molar-refractivity contribution in [1.82, 2.24) is 19.9 Å². The van der Waals surface area contributed by atoms with E-state index in [1.165, 1.54) is 0 Å². The minimum absolute atomic E-state index is 0.152. The monoisotopic (exact) mass is 382 g/mol. The average molecular weight is 383 g/mol. The molecule has 0 radical (unpaired) electrons. The minimum atomic E-state index is -0.507. The van der Waals surface area contributed by atoms with Crippen molar-refractivity contribution in [3.05, 3.63) is 58.5 Å². The summed E-state index contributed by atoms with van der Waals surface area (Å²) in [6, 6.07) is 3.42. The van der Waals surface area contributed by atoms with E-state index in [-0.39, 0.29) is 21.9 Å². The number of aromatic nitrogens is 4. The molecular weight excluding hydrogens is 367 g/mol. The Hall–Kier alpha value is -2.99. The van der Waals surface area contributed by atoms with Gasteiger partial charge in [-0.1, -0.05) is 17.7 Å². The quantitative estimate of drug-likeness (QED) is 0.505. The van der Waals surface area contributed by atoms with Gasteiger partial charge < -0.3 is 10.1 Å². The number of fused-ring (bicyclic) bond motifs is 1. The van der Waals surface area contributed by atoms with Gasteiger partial charge in [-0.15, -0.1) is 0 Å². The summed E-state index contributed by atoms with van der Waals surface area (Å²) in [4.78, 5) is 15.5. The van der Waals surface area contributed by atoms with Crippen LogP contribution in [0.1, 0.15) is 17.0 Å². The normalized spacial score (nSPS) is 11.3. The number of halogens is 2. The number of rotatable bonds is 2. The van der Waals surface area contributed by atoms with E-state index < -0.39 is 5.82 Å². The molecule has 0 amide bonds. The van der Waals surface area contributed by atoms with Crippen molar-refractivity contribution in [3.63, 3.8) is 0 Å². The van der Waals surface area contributed by atoms with Crippen LogP contribution in [0.2, 0.25) is 5.02 Å². The summed E-state index contributed by atoms with van der Waals surface area (Å²) >= 11 is 6.59. The van der Waals surface area contributed by atoms with Gasteiger partial charge in [0.25, 0.3) is 0 Å². The van der Waals surface area contributed by atoms with Gasteiger partial charge in [0.1, 0.15) is 17.2 Å². The van der Waals surface area contributed by atoms with E-state index in [0.717, 1.165) is 11.1 Å². The lowest BCUT2D eigenvalue weighted by Gasteiger charge is -2.13. The number of phenols is 1. The highest BCUT2D eigenvalue weighted by Crippen LogP contribution is 2.41. The van der Waals surface area contributed by atoms with E-state index in [0.29, 0.717) is 28.2 Å². The van der Waals surface area contributed by atoms with Crippen molar-refractivity contribution in [3.8, 4) is 28.1 Å². The number of hydrogen-bond acceptors (Lipinski definition) is 4. The molecule has 0 aliphatic rings. The standard InChI is InChI=1S/C20H16ClFN4O/c1-9-4-5-14(27)10(2)15(9)13-8-25-20-16(17(13)21)18(22)19(26-20)12-6-23-11(3)24-7-12/h4-8,27H,1-3H3,(H,25,26). The Kier molecular flexibility index (Phi) is 4.08. The molecule has 1 aromatic carbocycles. The highest BCUT2D eigenvalue weighted by Gasteiger charge is 2.21. The van der Waals surface area contributed by atoms with Gasteiger partial charge in [0.2, 0.25) is 0 Å². The smallest absolute Gasteiger partial charge is 0.159 e. The maximum Gasteiger partial charge on any atom is 0.159 e. The second-order valence-electron chi connectivity index (χ2n) is 6.44. The van der Waals surface area contributed by atoms with Gasteiger partial charge in [0.05, 0.1) is 16.1 Å². The van der Waals surface area contributed by atoms with Crippen LogP contribution in [-0.4, -0.2) is 25.0 Å².